The Balaban J connectivity index is 1.40. The number of carbonyl (C=O) groups excluding carboxylic acids is 2. The van der Waals surface area contributed by atoms with Crippen LogP contribution in [-0.4, -0.2) is 67.3 Å². The van der Waals surface area contributed by atoms with E-state index in [1.165, 1.54) is 0 Å². The number of carbonyl (C=O) groups is 2. The number of hydrogen-bond donors (Lipinski definition) is 4. The predicted octanol–water partition coefficient (Wildman–Crippen LogP) is 3.18. The topological polar surface area (TPSA) is 179 Å². The molecule has 1 aliphatic heterocycles. The number of ether oxygens (including phenoxy) is 1. The van der Waals surface area contributed by atoms with Crippen molar-refractivity contribution in [3.63, 3.8) is 0 Å². The molecule has 254 valence electrons. The summed E-state index contributed by atoms with van der Waals surface area (Å²) < 4.78 is 18.4. The molecule has 3 saturated carbocycles. The van der Waals surface area contributed by atoms with Crippen molar-refractivity contribution in [1.29, 1.82) is 0 Å². The molecule has 2 amide bonds. The van der Waals surface area contributed by atoms with E-state index in [2.05, 4.69) is 50.2 Å². The summed E-state index contributed by atoms with van der Waals surface area (Å²) in [6.45, 7) is 11.1. The highest BCUT2D eigenvalue weighted by atomic mass is 16.7. The van der Waals surface area contributed by atoms with E-state index in [1.54, 1.807) is 12.5 Å². The molecule has 46 heavy (non-hydrogen) atoms. The van der Waals surface area contributed by atoms with Gasteiger partial charge in [-0.1, -0.05) is 45.3 Å². The van der Waals surface area contributed by atoms with Gasteiger partial charge >= 0.3 is 7.12 Å². The molecule has 0 aromatic heterocycles. The Morgan fingerprint density at radius 1 is 1.17 bits per heavy atom. The Kier molecular flexibility index (Phi) is 11.6. The zero-order valence-electron chi connectivity index (χ0n) is 28.0. The van der Waals surface area contributed by atoms with Crippen LogP contribution in [0, 0.1) is 33.3 Å². The number of nitrogens with one attached hydrogen (secondary N) is 3. The summed E-state index contributed by atoms with van der Waals surface area (Å²) in [6.07, 6.45) is 4.91. The average molecular weight is 643 g/mol. The molecular formula is C32H51BN6O7. The monoisotopic (exact) mass is 642 g/mol. The second-order valence-corrected chi connectivity index (χ2v) is 14.2. The number of guanidine groups is 1. The third-order valence-electron chi connectivity index (χ3n) is 10.2. The lowest BCUT2D eigenvalue weighted by molar-refractivity contribution is -0.525. The maximum Gasteiger partial charge on any atom is 0.481 e. The number of nitrogens with two attached hydrogens (primary N) is 1. The van der Waals surface area contributed by atoms with E-state index in [4.69, 9.17) is 19.8 Å². The van der Waals surface area contributed by atoms with Gasteiger partial charge < -0.3 is 30.4 Å². The van der Waals surface area contributed by atoms with Crippen LogP contribution in [0.5, 0.6) is 5.75 Å². The van der Waals surface area contributed by atoms with Gasteiger partial charge in [-0.3, -0.25) is 9.59 Å². The number of amides is 2. The van der Waals surface area contributed by atoms with Crippen LogP contribution in [0.15, 0.2) is 29.3 Å². The lowest BCUT2D eigenvalue weighted by atomic mass is 9.43. The molecule has 0 spiro atoms. The molecule has 3 aliphatic carbocycles. The fourth-order valence-electron chi connectivity index (χ4n) is 7.50. The SMILES string of the molecule is COc1ccc(CCCC(=O)N[C@@H](CCCN=C(N)N[N+](=O)[O-])C(=O)N[C@@H](CC(C)C)B2O[C@@H]3C[C@H]4C[C@H](C4(C)C)[C@]3(C)O2)cc1. The number of nitro groups is 1. The van der Waals surface area contributed by atoms with Gasteiger partial charge in [-0.05, 0) is 92.7 Å². The van der Waals surface area contributed by atoms with E-state index in [-0.39, 0.29) is 54.6 Å². The molecular weight excluding hydrogens is 591 g/mol. The Labute approximate surface area is 272 Å². The molecule has 0 unspecified atom stereocenters. The number of hydrazine groups is 1. The zero-order valence-corrected chi connectivity index (χ0v) is 28.0. The smallest absolute Gasteiger partial charge is 0.481 e. The van der Waals surface area contributed by atoms with Gasteiger partial charge in [-0.25, -0.2) is 15.1 Å². The summed E-state index contributed by atoms with van der Waals surface area (Å²) in [5.41, 5.74) is 8.22. The van der Waals surface area contributed by atoms with Gasteiger partial charge in [0.05, 0.1) is 24.8 Å². The maximum absolute atomic E-state index is 13.8. The first kappa shape index (κ1) is 35.5. The Morgan fingerprint density at radius 2 is 1.89 bits per heavy atom. The minimum Gasteiger partial charge on any atom is -0.497 e. The third-order valence-corrected chi connectivity index (χ3v) is 10.2. The Hall–Kier alpha value is -3.39. The van der Waals surface area contributed by atoms with E-state index in [1.807, 2.05) is 24.3 Å². The van der Waals surface area contributed by atoms with Crippen LogP contribution in [0.25, 0.3) is 0 Å². The molecule has 4 fully saturated rings. The lowest BCUT2D eigenvalue weighted by Gasteiger charge is -2.64. The number of benzene rings is 1. The molecule has 5 rings (SSSR count). The molecule has 1 aromatic carbocycles. The number of aliphatic imine (C=N–C) groups is 1. The fourth-order valence-corrected chi connectivity index (χ4v) is 7.50. The number of nitrogens with zero attached hydrogens (tertiary/aromatic N) is 2. The van der Waals surface area contributed by atoms with Gasteiger partial charge in [0.1, 0.15) is 11.8 Å². The second kappa shape index (κ2) is 15.0. The summed E-state index contributed by atoms with van der Waals surface area (Å²) in [5.74, 6) is 0.750. The first-order valence-corrected chi connectivity index (χ1v) is 16.5. The molecule has 14 heteroatoms. The quantitative estimate of drug-likeness (QED) is 0.0526. The standard InChI is InChI=1S/C32H51BN6O7/c1-20(2)17-27(33-45-26-19-22-18-25(31(22,3)4)32(26,5)46-33)37-29(41)24(10-8-16-35-30(34)38-39(42)43)36-28(40)11-7-9-21-12-14-23(44-6)15-13-21/h12-15,20,22,24-27H,7-11,16-19H2,1-6H3,(H,36,40)(H,37,41)(H3,34,35,38)/t22-,24+,25-,26-,27+,32+/m1/s1. The lowest BCUT2D eigenvalue weighted by Crippen LogP contribution is -2.65. The number of aryl methyl sites for hydroxylation is 1. The van der Waals surface area contributed by atoms with Crippen LogP contribution in [0.2, 0.25) is 0 Å². The largest absolute Gasteiger partial charge is 0.497 e. The summed E-state index contributed by atoms with van der Waals surface area (Å²) in [6, 6.07) is 6.87. The van der Waals surface area contributed by atoms with Gasteiger partial charge in [-0.2, -0.15) is 0 Å². The van der Waals surface area contributed by atoms with Crippen molar-refractivity contribution in [1.82, 2.24) is 16.1 Å². The summed E-state index contributed by atoms with van der Waals surface area (Å²) in [7, 11) is 1.03. The van der Waals surface area contributed by atoms with Crippen molar-refractivity contribution in [3.05, 3.63) is 39.9 Å². The van der Waals surface area contributed by atoms with Gasteiger partial charge in [0.2, 0.25) is 11.8 Å². The molecule has 1 aromatic rings. The van der Waals surface area contributed by atoms with E-state index in [9.17, 15) is 19.7 Å². The molecule has 0 radical (unpaired) electrons. The number of methoxy groups -OCH3 is 1. The van der Waals surface area contributed by atoms with Crippen molar-refractivity contribution in [3.8, 4) is 5.75 Å². The molecule has 1 heterocycles. The number of rotatable bonds is 16. The summed E-state index contributed by atoms with van der Waals surface area (Å²) in [5, 5.41) is 15.9. The molecule has 5 N–H and O–H groups in total. The minimum absolute atomic E-state index is 0.0156. The van der Waals surface area contributed by atoms with Crippen LogP contribution < -0.4 is 26.5 Å². The van der Waals surface area contributed by atoms with Crippen LogP contribution in [0.4, 0.5) is 0 Å². The number of hydrogen-bond acceptors (Lipinski definition) is 8. The van der Waals surface area contributed by atoms with E-state index < -0.39 is 29.7 Å². The van der Waals surface area contributed by atoms with E-state index in [0.29, 0.717) is 37.5 Å². The van der Waals surface area contributed by atoms with Gasteiger partial charge in [0.15, 0.2) is 5.03 Å². The van der Waals surface area contributed by atoms with Crippen LogP contribution >= 0.6 is 0 Å². The Morgan fingerprint density at radius 3 is 2.52 bits per heavy atom. The van der Waals surface area contributed by atoms with E-state index >= 15 is 0 Å². The van der Waals surface area contributed by atoms with Crippen molar-refractivity contribution < 1.29 is 28.7 Å². The van der Waals surface area contributed by atoms with Crippen molar-refractivity contribution in [2.75, 3.05) is 13.7 Å². The van der Waals surface area contributed by atoms with Crippen molar-refractivity contribution in [2.24, 2.45) is 33.9 Å². The molecule has 6 atom stereocenters. The van der Waals surface area contributed by atoms with Gasteiger partial charge in [0, 0.05) is 13.0 Å². The van der Waals surface area contributed by atoms with E-state index in [0.717, 1.165) is 24.2 Å². The fraction of sp³-hybridized carbons (Fsp3) is 0.719. The molecule has 1 saturated heterocycles. The summed E-state index contributed by atoms with van der Waals surface area (Å²) in [4.78, 5) is 41.4. The van der Waals surface area contributed by atoms with Crippen molar-refractivity contribution >= 4 is 24.9 Å². The van der Waals surface area contributed by atoms with Crippen molar-refractivity contribution in [2.45, 2.75) is 110 Å². The predicted molar refractivity (Wildman–Crippen MR) is 175 cm³/mol. The normalized spacial score (nSPS) is 26.0. The first-order chi connectivity index (χ1) is 21.7. The second-order valence-electron chi connectivity index (χ2n) is 14.2. The first-order valence-electron chi connectivity index (χ1n) is 16.5. The maximum atomic E-state index is 13.8. The van der Waals surface area contributed by atoms with Crippen LogP contribution in [0.1, 0.15) is 85.1 Å². The highest BCUT2D eigenvalue weighted by Crippen LogP contribution is 2.65. The Bertz CT molecular complexity index is 1260. The third kappa shape index (κ3) is 8.50. The zero-order chi connectivity index (χ0) is 33.6. The average Bonchev–Trinajstić information content (AvgIpc) is 3.35. The minimum atomic E-state index is -0.839. The molecule has 4 aliphatic rings. The molecule has 13 nitrogen and oxygen atoms in total. The highest BCUT2D eigenvalue weighted by Gasteiger charge is 2.68. The van der Waals surface area contributed by atoms with Gasteiger partial charge in [0.25, 0.3) is 5.96 Å². The van der Waals surface area contributed by atoms with Crippen LogP contribution in [0.3, 0.4) is 0 Å². The summed E-state index contributed by atoms with van der Waals surface area (Å²) >= 11 is 0. The molecule has 2 bridgehead atoms. The van der Waals surface area contributed by atoms with Gasteiger partial charge in [-0.15, -0.1) is 0 Å². The highest BCUT2D eigenvalue weighted by molar-refractivity contribution is 6.48. The van der Waals surface area contributed by atoms with Crippen LogP contribution in [-0.2, 0) is 25.3 Å².